The molecule has 0 fully saturated rings. The Bertz CT molecular complexity index is 596. The summed E-state index contributed by atoms with van der Waals surface area (Å²) in [4.78, 5) is 12.1. The summed E-state index contributed by atoms with van der Waals surface area (Å²) in [6.45, 7) is 0.157. The summed E-state index contributed by atoms with van der Waals surface area (Å²) in [5.74, 6) is -0.543. The first-order valence-electron chi connectivity index (χ1n) is 6.28. The molecule has 106 valence electrons. The van der Waals surface area contributed by atoms with Gasteiger partial charge in [0.05, 0.1) is 6.20 Å². The average molecular weight is 276 g/mol. The van der Waals surface area contributed by atoms with Crippen LogP contribution in [0.15, 0.2) is 36.7 Å². The Kier molecular flexibility index (Phi) is 4.47. The van der Waals surface area contributed by atoms with Crippen molar-refractivity contribution in [3.63, 3.8) is 0 Å². The fourth-order valence-electron chi connectivity index (χ4n) is 1.96. The molecule has 2 rings (SSSR count). The molecule has 1 atom stereocenters. The normalized spacial score (nSPS) is 12.2. The number of nitrogens with zero attached hydrogens (tertiary/aromatic N) is 2. The molecule has 6 heteroatoms. The average Bonchev–Trinajstić information content (AvgIpc) is 2.85. The fourth-order valence-corrected chi connectivity index (χ4v) is 1.96. The Morgan fingerprint density at radius 1 is 1.45 bits per heavy atom. The van der Waals surface area contributed by atoms with Crippen LogP contribution < -0.4 is 10.6 Å². The lowest BCUT2D eigenvalue weighted by Gasteiger charge is -2.14. The van der Waals surface area contributed by atoms with E-state index in [1.165, 1.54) is 6.07 Å². The maximum atomic E-state index is 13.5. The minimum Gasteiger partial charge on any atom is -0.350 e. The van der Waals surface area contributed by atoms with E-state index in [-0.39, 0.29) is 18.3 Å². The van der Waals surface area contributed by atoms with Gasteiger partial charge in [-0.3, -0.25) is 9.48 Å². The highest BCUT2D eigenvalue weighted by atomic mass is 19.1. The van der Waals surface area contributed by atoms with E-state index in [2.05, 4.69) is 15.7 Å². The summed E-state index contributed by atoms with van der Waals surface area (Å²) in [6, 6.07) is 5.87. The van der Waals surface area contributed by atoms with Crippen LogP contribution in [0.4, 0.5) is 4.39 Å². The van der Waals surface area contributed by atoms with E-state index in [9.17, 15) is 9.18 Å². The minimum absolute atomic E-state index is 0.157. The number of aryl methyl sites for hydroxylation is 1. The highest BCUT2D eigenvalue weighted by molar-refractivity contribution is 5.83. The van der Waals surface area contributed by atoms with Crippen LogP contribution >= 0.6 is 0 Å². The second-order valence-electron chi connectivity index (χ2n) is 4.48. The number of amides is 1. The predicted molar refractivity (Wildman–Crippen MR) is 73.3 cm³/mol. The number of likely N-dealkylation sites (N-methyl/N-ethyl adjacent to an activating group) is 1. The van der Waals surface area contributed by atoms with Crippen molar-refractivity contribution in [3.05, 3.63) is 53.6 Å². The van der Waals surface area contributed by atoms with E-state index in [0.29, 0.717) is 5.56 Å². The van der Waals surface area contributed by atoms with Gasteiger partial charge in [-0.2, -0.15) is 5.10 Å². The van der Waals surface area contributed by atoms with E-state index in [1.807, 2.05) is 0 Å². The van der Waals surface area contributed by atoms with Crippen molar-refractivity contribution in [1.29, 1.82) is 0 Å². The fraction of sp³-hybridized carbons (Fsp3) is 0.286. The molecular weight excluding hydrogens is 259 g/mol. The Labute approximate surface area is 116 Å². The van der Waals surface area contributed by atoms with Crippen molar-refractivity contribution in [3.8, 4) is 0 Å². The first kappa shape index (κ1) is 14.2. The largest absolute Gasteiger partial charge is 0.350 e. The van der Waals surface area contributed by atoms with E-state index in [1.54, 1.807) is 49.4 Å². The number of hydrogen-bond donors (Lipinski definition) is 2. The zero-order valence-electron chi connectivity index (χ0n) is 11.4. The SMILES string of the molecule is CNC(C(=O)NCc1ccccc1F)c1cnn(C)c1. The molecule has 1 aromatic carbocycles. The molecule has 0 radical (unpaired) electrons. The van der Waals surface area contributed by atoms with E-state index >= 15 is 0 Å². The molecule has 1 heterocycles. The van der Waals surface area contributed by atoms with Gasteiger partial charge in [-0.25, -0.2) is 4.39 Å². The summed E-state index contributed by atoms with van der Waals surface area (Å²) in [5.41, 5.74) is 1.22. The Morgan fingerprint density at radius 3 is 2.80 bits per heavy atom. The molecule has 0 bridgehead atoms. The van der Waals surface area contributed by atoms with Gasteiger partial charge in [0.2, 0.25) is 5.91 Å². The molecule has 20 heavy (non-hydrogen) atoms. The van der Waals surface area contributed by atoms with Crippen LogP contribution in [0.5, 0.6) is 0 Å². The van der Waals surface area contributed by atoms with E-state index in [4.69, 9.17) is 0 Å². The molecule has 0 aliphatic heterocycles. The summed E-state index contributed by atoms with van der Waals surface area (Å²) in [6.07, 6.45) is 3.40. The molecule has 1 amide bonds. The molecule has 2 aromatic rings. The molecule has 0 aliphatic rings. The van der Waals surface area contributed by atoms with E-state index in [0.717, 1.165) is 5.56 Å². The standard InChI is InChI=1S/C14H17FN4O/c1-16-13(11-8-18-19(2)9-11)14(20)17-7-10-5-3-4-6-12(10)15/h3-6,8-9,13,16H,7H2,1-2H3,(H,17,20). The van der Waals surface area contributed by atoms with Crippen LogP contribution in [-0.2, 0) is 18.4 Å². The van der Waals surface area contributed by atoms with Gasteiger partial charge in [-0.1, -0.05) is 18.2 Å². The van der Waals surface area contributed by atoms with Crippen LogP contribution in [0.1, 0.15) is 17.2 Å². The summed E-state index contributed by atoms with van der Waals surface area (Å²) < 4.78 is 15.1. The summed E-state index contributed by atoms with van der Waals surface area (Å²) in [7, 11) is 3.48. The van der Waals surface area contributed by atoms with Gasteiger partial charge in [0.1, 0.15) is 11.9 Å². The molecule has 1 aromatic heterocycles. The zero-order chi connectivity index (χ0) is 14.5. The van der Waals surface area contributed by atoms with E-state index < -0.39 is 6.04 Å². The minimum atomic E-state index is -0.504. The number of halogens is 1. The van der Waals surface area contributed by atoms with Crippen molar-refractivity contribution in [2.75, 3.05) is 7.05 Å². The van der Waals surface area contributed by atoms with Crippen LogP contribution in [0.2, 0.25) is 0 Å². The zero-order valence-corrected chi connectivity index (χ0v) is 11.4. The third-order valence-electron chi connectivity index (χ3n) is 3.02. The van der Waals surface area contributed by atoms with Gasteiger partial charge in [-0.05, 0) is 13.1 Å². The number of rotatable bonds is 5. The van der Waals surface area contributed by atoms with Crippen molar-refractivity contribution in [2.45, 2.75) is 12.6 Å². The molecule has 5 nitrogen and oxygen atoms in total. The predicted octanol–water partition coefficient (Wildman–Crippen LogP) is 1.14. The van der Waals surface area contributed by atoms with Crippen molar-refractivity contribution in [1.82, 2.24) is 20.4 Å². The maximum absolute atomic E-state index is 13.5. The van der Waals surface area contributed by atoms with Gasteiger partial charge in [-0.15, -0.1) is 0 Å². The van der Waals surface area contributed by atoms with Gasteiger partial charge >= 0.3 is 0 Å². The molecular formula is C14H17FN4O. The molecule has 2 N–H and O–H groups in total. The number of benzene rings is 1. The van der Waals surface area contributed by atoms with Gasteiger partial charge in [0.25, 0.3) is 0 Å². The number of carbonyl (C=O) groups excluding carboxylic acids is 1. The number of aromatic nitrogens is 2. The summed E-state index contributed by atoms with van der Waals surface area (Å²) in [5, 5.41) is 9.68. The molecule has 0 saturated heterocycles. The lowest BCUT2D eigenvalue weighted by Crippen LogP contribution is -2.35. The second kappa shape index (κ2) is 6.29. The van der Waals surface area contributed by atoms with Crippen LogP contribution in [-0.4, -0.2) is 22.7 Å². The van der Waals surface area contributed by atoms with Crippen molar-refractivity contribution < 1.29 is 9.18 Å². The lowest BCUT2D eigenvalue weighted by molar-refractivity contribution is -0.123. The number of nitrogens with one attached hydrogen (secondary N) is 2. The number of hydrogen-bond acceptors (Lipinski definition) is 3. The second-order valence-corrected chi connectivity index (χ2v) is 4.48. The molecule has 0 aliphatic carbocycles. The van der Waals surface area contributed by atoms with Gasteiger partial charge in [0, 0.05) is 30.9 Å². The quantitative estimate of drug-likeness (QED) is 0.861. The Hall–Kier alpha value is -2.21. The summed E-state index contributed by atoms with van der Waals surface area (Å²) >= 11 is 0. The third kappa shape index (κ3) is 3.21. The topological polar surface area (TPSA) is 59.0 Å². The Morgan fingerprint density at radius 2 is 2.20 bits per heavy atom. The molecule has 0 saturated carbocycles. The highest BCUT2D eigenvalue weighted by Crippen LogP contribution is 2.12. The van der Waals surface area contributed by atoms with Gasteiger partial charge in [0.15, 0.2) is 0 Å². The smallest absolute Gasteiger partial charge is 0.242 e. The lowest BCUT2D eigenvalue weighted by atomic mass is 10.1. The third-order valence-corrected chi connectivity index (χ3v) is 3.02. The van der Waals surface area contributed by atoms with Crippen LogP contribution in [0, 0.1) is 5.82 Å². The highest BCUT2D eigenvalue weighted by Gasteiger charge is 2.19. The molecule has 0 spiro atoms. The first-order valence-corrected chi connectivity index (χ1v) is 6.28. The van der Waals surface area contributed by atoms with Gasteiger partial charge < -0.3 is 10.6 Å². The van der Waals surface area contributed by atoms with Crippen molar-refractivity contribution >= 4 is 5.91 Å². The maximum Gasteiger partial charge on any atom is 0.242 e. The van der Waals surface area contributed by atoms with Crippen LogP contribution in [0.25, 0.3) is 0 Å². The Balaban J connectivity index is 2.02. The monoisotopic (exact) mass is 276 g/mol. The van der Waals surface area contributed by atoms with Crippen LogP contribution in [0.3, 0.4) is 0 Å². The van der Waals surface area contributed by atoms with Crippen molar-refractivity contribution in [2.24, 2.45) is 7.05 Å². The first-order chi connectivity index (χ1) is 9.61. The number of carbonyl (C=O) groups is 1. The molecule has 1 unspecified atom stereocenters.